The summed E-state index contributed by atoms with van der Waals surface area (Å²) in [5.41, 5.74) is 0.763. The topological polar surface area (TPSA) is 46.2 Å². The van der Waals surface area contributed by atoms with E-state index in [0.717, 1.165) is 24.8 Å². The number of hydrogen-bond acceptors (Lipinski definition) is 2. The van der Waals surface area contributed by atoms with Gasteiger partial charge in [0.1, 0.15) is 0 Å². The maximum Gasteiger partial charge on any atom is 0.240 e. The largest absolute Gasteiger partial charge is 0.240 e. The van der Waals surface area contributed by atoms with Crippen LogP contribution in [-0.2, 0) is 10.0 Å². The molecule has 0 fully saturated rings. The minimum atomic E-state index is -3.42. The van der Waals surface area contributed by atoms with Crippen LogP contribution in [0.3, 0.4) is 0 Å². The van der Waals surface area contributed by atoms with Crippen LogP contribution in [0, 0.1) is 12.8 Å². The Morgan fingerprint density at radius 3 is 2.53 bits per heavy atom. The van der Waals surface area contributed by atoms with Gasteiger partial charge in [0, 0.05) is 12.4 Å². The van der Waals surface area contributed by atoms with Gasteiger partial charge >= 0.3 is 0 Å². The smallest absolute Gasteiger partial charge is 0.211 e. The lowest BCUT2D eigenvalue weighted by atomic mass is 10.0. The molecular formula is C14H22ClNO2S. The molecule has 0 spiro atoms. The minimum Gasteiger partial charge on any atom is -0.211 e. The molecule has 3 nitrogen and oxygen atoms in total. The average Bonchev–Trinajstić information content (AvgIpc) is 2.37. The number of benzene rings is 1. The molecule has 1 aromatic carbocycles. The van der Waals surface area contributed by atoms with E-state index in [-0.39, 0.29) is 0 Å². The normalized spacial score (nSPS) is 13.4. The van der Waals surface area contributed by atoms with Crippen molar-refractivity contribution in [3.05, 3.63) is 29.8 Å². The number of halogens is 1. The maximum atomic E-state index is 12.2. The molecule has 108 valence electrons. The van der Waals surface area contributed by atoms with Gasteiger partial charge in [-0.05, 0) is 37.3 Å². The van der Waals surface area contributed by atoms with E-state index in [1.165, 1.54) is 0 Å². The van der Waals surface area contributed by atoms with Crippen LogP contribution in [0.2, 0.25) is 0 Å². The fourth-order valence-electron chi connectivity index (χ4n) is 2.07. The summed E-state index contributed by atoms with van der Waals surface area (Å²) in [4.78, 5) is 0.358. The Kier molecular flexibility index (Phi) is 6.83. The van der Waals surface area contributed by atoms with E-state index in [0.29, 0.717) is 23.2 Å². The fraction of sp³-hybridized carbons (Fsp3) is 0.571. The maximum absolute atomic E-state index is 12.2. The van der Waals surface area contributed by atoms with E-state index in [4.69, 9.17) is 11.6 Å². The lowest BCUT2D eigenvalue weighted by Crippen LogP contribution is -2.30. The van der Waals surface area contributed by atoms with E-state index in [9.17, 15) is 8.42 Å². The molecule has 1 rings (SSSR count). The Morgan fingerprint density at radius 2 is 1.95 bits per heavy atom. The minimum absolute atomic E-state index is 0.307. The van der Waals surface area contributed by atoms with E-state index >= 15 is 0 Å². The predicted molar refractivity (Wildman–Crippen MR) is 80.1 cm³/mol. The average molecular weight is 304 g/mol. The van der Waals surface area contributed by atoms with Crippen LogP contribution >= 0.6 is 11.6 Å². The molecular weight excluding hydrogens is 282 g/mol. The van der Waals surface area contributed by atoms with Crippen LogP contribution < -0.4 is 4.72 Å². The molecule has 19 heavy (non-hydrogen) atoms. The fourth-order valence-corrected chi connectivity index (χ4v) is 3.74. The summed E-state index contributed by atoms with van der Waals surface area (Å²) < 4.78 is 27.1. The molecule has 0 aliphatic rings. The molecule has 1 N–H and O–H groups in total. The van der Waals surface area contributed by atoms with Gasteiger partial charge in [-0.1, -0.05) is 31.5 Å². The lowest BCUT2D eigenvalue weighted by Gasteiger charge is -2.16. The number of nitrogens with one attached hydrogen (secondary N) is 1. The Bertz CT molecular complexity index is 482. The van der Waals surface area contributed by atoms with Crippen LogP contribution in [0.15, 0.2) is 29.2 Å². The molecule has 0 aliphatic heterocycles. The zero-order valence-electron chi connectivity index (χ0n) is 11.5. The quantitative estimate of drug-likeness (QED) is 0.749. The van der Waals surface area contributed by atoms with Crippen molar-refractivity contribution in [2.75, 3.05) is 12.4 Å². The van der Waals surface area contributed by atoms with E-state index in [2.05, 4.69) is 11.6 Å². The standard InChI is InChI=1S/C14H22ClNO2S/c1-3-6-13(9-10-15)11-16-19(17,18)14-8-5-4-7-12(14)2/h4-5,7-8,13,16H,3,6,9-11H2,1-2H3. The molecule has 1 unspecified atom stereocenters. The SMILES string of the molecule is CCCC(CCCl)CNS(=O)(=O)c1ccccc1C. The third kappa shape index (κ3) is 5.13. The van der Waals surface area contributed by atoms with Gasteiger partial charge < -0.3 is 0 Å². The highest BCUT2D eigenvalue weighted by Gasteiger charge is 2.18. The van der Waals surface area contributed by atoms with Crippen molar-refractivity contribution in [1.82, 2.24) is 4.72 Å². The summed E-state index contributed by atoms with van der Waals surface area (Å²) in [7, 11) is -3.42. The number of aryl methyl sites for hydroxylation is 1. The molecule has 0 saturated heterocycles. The zero-order valence-corrected chi connectivity index (χ0v) is 13.1. The second-order valence-corrected chi connectivity index (χ2v) is 6.86. The molecule has 5 heteroatoms. The van der Waals surface area contributed by atoms with E-state index in [1.807, 2.05) is 6.07 Å². The van der Waals surface area contributed by atoms with Crippen LogP contribution in [-0.4, -0.2) is 20.8 Å². The molecule has 0 aromatic heterocycles. The van der Waals surface area contributed by atoms with Crippen molar-refractivity contribution >= 4 is 21.6 Å². The van der Waals surface area contributed by atoms with Crippen LogP contribution in [0.1, 0.15) is 31.7 Å². The molecule has 0 saturated carbocycles. The summed E-state index contributed by atoms with van der Waals surface area (Å²) in [6.45, 7) is 4.35. The van der Waals surface area contributed by atoms with Crippen molar-refractivity contribution in [3.63, 3.8) is 0 Å². The van der Waals surface area contributed by atoms with Gasteiger partial charge in [0.25, 0.3) is 0 Å². The Balaban J connectivity index is 2.72. The third-order valence-electron chi connectivity index (χ3n) is 3.16. The van der Waals surface area contributed by atoms with Crippen molar-refractivity contribution < 1.29 is 8.42 Å². The Labute approximate surface area is 121 Å². The summed E-state index contributed by atoms with van der Waals surface area (Å²) in [6, 6.07) is 7.01. The first-order valence-electron chi connectivity index (χ1n) is 6.62. The predicted octanol–water partition coefficient (Wildman–Crippen LogP) is 3.32. The second kappa shape index (κ2) is 7.88. The number of alkyl halides is 1. The first kappa shape index (κ1) is 16.5. The molecule has 0 bridgehead atoms. The number of sulfonamides is 1. The second-order valence-electron chi connectivity index (χ2n) is 4.75. The summed E-state index contributed by atoms with van der Waals surface area (Å²) in [5.74, 6) is 0.873. The van der Waals surface area contributed by atoms with E-state index < -0.39 is 10.0 Å². The summed E-state index contributed by atoms with van der Waals surface area (Å²) in [5, 5.41) is 0. The molecule has 1 aromatic rings. The lowest BCUT2D eigenvalue weighted by molar-refractivity contribution is 0.457. The van der Waals surface area contributed by atoms with Crippen LogP contribution in [0.4, 0.5) is 0 Å². The van der Waals surface area contributed by atoms with Gasteiger partial charge in [-0.3, -0.25) is 0 Å². The van der Waals surface area contributed by atoms with Crippen LogP contribution in [0.25, 0.3) is 0 Å². The van der Waals surface area contributed by atoms with Gasteiger partial charge in [0.05, 0.1) is 4.90 Å². The highest BCUT2D eigenvalue weighted by Crippen LogP contribution is 2.16. The zero-order chi connectivity index (χ0) is 14.3. The monoisotopic (exact) mass is 303 g/mol. The van der Waals surface area contributed by atoms with Gasteiger partial charge in [-0.15, -0.1) is 11.6 Å². The van der Waals surface area contributed by atoms with E-state index in [1.54, 1.807) is 25.1 Å². The van der Waals surface area contributed by atoms with Crippen molar-refractivity contribution in [1.29, 1.82) is 0 Å². The van der Waals surface area contributed by atoms with Crippen molar-refractivity contribution in [3.8, 4) is 0 Å². The molecule has 1 atom stereocenters. The highest BCUT2D eigenvalue weighted by molar-refractivity contribution is 7.89. The van der Waals surface area contributed by atoms with Gasteiger partial charge in [0.2, 0.25) is 10.0 Å². The molecule has 0 amide bonds. The summed E-state index contributed by atoms with van der Waals surface area (Å²) in [6.07, 6.45) is 2.86. The Hall–Kier alpha value is -0.580. The highest BCUT2D eigenvalue weighted by atomic mass is 35.5. The third-order valence-corrected chi connectivity index (χ3v) is 4.96. The van der Waals surface area contributed by atoms with Gasteiger partial charge in [0.15, 0.2) is 0 Å². The number of rotatable bonds is 8. The first-order chi connectivity index (χ1) is 9.01. The van der Waals surface area contributed by atoms with Gasteiger partial charge in [-0.25, -0.2) is 13.1 Å². The summed E-state index contributed by atoms with van der Waals surface area (Å²) >= 11 is 5.75. The molecule has 0 radical (unpaired) electrons. The number of hydrogen-bond donors (Lipinski definition) is 1. The molecule has 0 heterocycles. The first-order valence-corrected chi connectivity index (χ1v) is 8.64. The van der Waals surface area contributed by atoms with Crippen molar-refractivity contribution in [2.45, 2.75) is 38.0 Å². The van der Waals surface area contributed by atoms with Crippen LogP contribution in [0.5, 0.6) is 0 Å². The Morgan fingerprint density at radius 1 is 1.26 bits per heavy atom. The molecule has 0 aliphatic carbocycles. The van der Waals surface area contributed by atoms with Crippen molar-refractivity contribution in [2.24, 2.45) is 5.92 Å². The van der Waals surface area contributed by atoms with Gasteiger partial charge in [-0.2, -0.15) is 0 Å².